The fourth-order valence-electron chi connectivity index (χ4n) is 2.65. The van der Waals surface area contributed by atoms with Crippen molar-refractivity contribution < 1.29 is 5.11 Å². The average Bonchev–Trinajstić information content (AvgIpc) is 2.47. The standard InChI is InChI=1S/C13H26O/c1-3-4-5-6-7-9-13(14)10-8-12(2)11-13/h12,14H,3-11H2,1-2H3. The fourth-order valence-corrected chi connectivity index (χ4v) is 2.65. The van der Waals surface area contributed by atoms with Gasteiger partial charge in [-0.25, -0.2) is 0 Å². The first-order valence-electron chi connectivity index (χ1n) is 6.39. The highest BCUT2D eigenvalue weighted by molar-refractivity contribution is 4.87. The lowest BCUT2D eigenvalue weighted by molar-refractivity contribution is 0.0327. The van der Waals surface area contributed by atoms with Crippen LogP contribution in [-0.4, -0.2) is 10.7 Å². The first kappa shape index (κ1) is 12.0. The molecule has 1 rings (SSSR count). The molecular weight excluding hydrogens is 172 g/mol. The molecular formula is C13H26O. The van der Waals surface area contributed by atoms with Gasteiger partial charge >= 0.3 is 0 Å². The van der Waals surface area contributed by atoms with E-state index in [1.807, 2.05) is 0 Å². The van der Waals surface area contributed by atoms with E-state index in [2.05, 4.69) is 13.8 Å². The fraction of sp³-hybridized carbons (Fsp3) is 1.00. The highest BCUT2D eigenvalue weighted by Crippen LogP contribution is 2.37. The first-order chi connectivity index (χ1) is 6.66. The van der Waals surface area contributed by atoms with Crippen LogP contribution in [0.5, 0.6) is 0 Å². The molecule has 1 nitrogen and oxygen atoms in total. The molecule has 0 radical (unpaired) electrons. The van der Waals surface area contributed by atoms with Crippen molar-refractivity contribution in [3.05, 3.63) is 0 Å². The van der Waals surface area contributed by atoms with Crippen LogP contribution in [0.4, 0.5) is 0 Å². The Labute approximate surface area is 88.9 Å². The smallest absolute Gasteiger partial charge is 0.0650 e. The van der Waals surface area contributed by atoms with E-state index in [0.29, 0.717) is 0 Å². The molecule has 0 aliphatic heterocycles. The second kappa shape index (κ2) is 5.75. The predicted molar refractivity (Wildman–Crippen MR) is 61.3 cm³/mol. The number of rotatable bonds is 6. The summed E-state index contributed by atoms with van der Waals surface area (Å²) in [5.41, 5.74) is -0.286. The third-order valence-electron chi connectivity index (χ3n) is 3.58. The van der Waals surface area contributed by atoms with Gasteiger partial charge in [0.1, 0.15) is 0 Å². The van der Waals surface area contributed by atoms with Crippen LogP contribution in [0.25, 0.3) is 0 Å². The average molecular weight is 198 g/mol. The SMILES string of the molecule is CCCCCCCC1(O)CCC(C)C1. The molecule has 2 atom stereocenters. The van der Waals surface area contributed by atoms with E-state index in [9.17, 15) is 5.11 Å². The van der Waals surface area contributed by atoms with Gasteiger partial charge in [-0.2, -0.15) is 0 Å². The summed E-state index contributed by atoms with van der Waals surface area (Å²) < 4.78 is 0. The van der Waals surface area contributed by atoms with Gasteiger partial charge < -0.3 is 5.11 Å². The second-order valence-electron chi connectivity index (χ2n) is 5.24. The van der Waals surface area contributed by atoms with Crippen LogP contribution in [0, 0.1) is 5.92 Å². The van der Waals surface area contributed by atoms with Crippen LogP contribution in [0.15, 0.2) is 0 Å². The van der Waals surface area contributed by atoms with E-state index in [0.717, 1.165) is 25.2 Å². The van der Waals surface area contributed by atoms with E-state index in [4.69, 9.17) is 0 Å². The summed E-state index contributed by atoms with van der Waals surface area (Å²) in [5, 5.41) is 10.2. The maximum absolute atomic E-state index is 10.2. The summed E-state index contributed by atoms with van der Waals surface area (Å²) >= 11 is 0. The minimum absolute atomic E-state index is 0.286. The van der Waals surface area contributed by atoms with E-state index in [-0.39, 0.29) is 5.60 Å². The van der Waals surface area contributed by atoms with E-state index < -0.39 is 0 Å². The summed E-state index contributed by atoms with van der Waals surface area (Å²) in [4.78, 5) is 0. The van der Waals surface area contributed by atoms with Gasteiger partial charge in [-0.1, -0.05) is 46.0 Å². The van der Waals surface area contributed by atoms with Gasteiger partial charge in [0.2, 0.25) is 0 Å². The Morgan fingerprint density at radius 3 is 2.50 bits per heavy atom. The number of hydrogen-bond donors (Lipinski definition) is 1. The lowest BCUT2D eigenvalue weighted by atomic mass is 9.93. The zero-order chi connectivity index (χ0) is 10.4. The van der Waals surface area contributed by atoms with Gasteiger partial charge in [0.25, 0.3) is 0 Å². The second-order valence-corrected chi connectivity index (χ2v) is 5.24. The summed E-state index contributed by atoms with van der Waals surface area (Å²) in [6.07, 6.45) is 10.9. The lowest BCUT2D eigenvalue weighted by Crippen LogP contribution is -2.24. The summed E-state index contributed by atoms with van der Waals surface area (Å²) in [6, 6.07) is 0. The lowest BCUT2D eigenvalue weighted by Gasteiger charge is -2.22. The van der Waals surface area contributed by atoms with Crippen LogP contribution in [0.2, 0.25) is 0 Å². The maximum atomic E-state index is 10.2. The third-order valence-corrected chi connectivity index (χ3v) is 3.58. The quantitative estimate of drug-likeness (QED) is 0.642. The van der Waals surface area contributed by atoms with Crippen LogP contribution in [0.3, 0.4) is 0 Å². The monoisotopic (exact) mass is 198 g/mol. The van der Waals surface area contributed by atoms with Gasteiger partial charge in [-0.15, -0.1) is 0 Å². The van der Waals surface area contributed by atoms with Crippen molar-refractivity contribution in [1.29, 1.82) is 0 Å². The van der Waals surface area contributed by atoms with E-state index >= 15 is 0 Å². The van der Waals surface area contributed by atoms with Crippen molar-refractivity contribution in [1.82, 2.24) is 0 Å². The molecule has 0 heterocycles. The molecule has 14 heavy (non-hydrogen) atoms. The molecule has 1 saturated carbocycles. The van der Waals surface area contributed by atoms with Crippen molar-refractivity contribution in [3.63, 3.8) is 0 Å². The van der Waals surface area contributed by atoms with Crippen molar-refractivity contribution >= 4 is 0 Å². The summed E-state index contributed by atoms with van der Waals surface area (Å²) in [6.45, 7) is 4.50. The molecule has 0 aromatic rings. The number of unbranched alkanes of at least 4 members (excludes halogenated alkanes) is 4. The van der Waals surface area contributed by atoms with E-state index in [1.165, 1.54) is 38.5 Å². The largest absolute Gasteiger partial charge is 0.390 e. The molecule has 84 valence electrons. The van der Waals surface area contributed by atoms with Crippen molar-refractivity contribution in [2.75, 3.05) is 0 Å². The molecule has 1 aliphatic carbocycles. The summed E-state index contributed by atoms with van der Waals surface area (Å²) in [5.74, 6) is 0.746. The Kier molecular flexibility index (Phi) is 4.94. The molecule has 0 amide bonds. The van der Waals surface area contributed by atoms with Gasteiger partial charge in [-0.3, -0.25) is 0 Å². The molecule has 0 bridgehead atoms. The highest BCUT2D eigenvalue weighted by atomic mass is 16.3. The predicted octanol–water partition coefficient (Wildman–Crippen LogP) is 3.90. The van der Waals surface area contributed by atoms with Gasteiger partial charge in [0, 0.05) is 0 Å². The number of hydrogen-bond acceptors (Lipinski definition) is 1. The Morgan fingerprint density at radius 2 is 1.93 bits per heavy atom. The third kappa shape index (κ3) is 4.00. The molecule has 1 heteroatoms. The molecule has 1 N–H and O–H groups in total. The Balaban J connectivity index is 2.05. The summed E-state index contributed by atoms with van der Waals surface area (Å²) in [7, 11) is 0. The van der Waals surface area contributed by atoms with Crippen LogP contribution in [0.1, 0.15) is 71.6 Å². The molecule has 0 saturated heterocycles. The zero-order valence-electron chi connectivity index (χ0n) is 9.89. The Morgan fingerprint density at radius 1 is 1.21 bits per heavy atom. The molecule has 1 fully saturated rings. The van der Waals surface area contributed by atoms with Crippen LogP contribution in [-0.2, 0) is 0 Å². The van der Waals surface area contributed by atoms with Crippen molar-refractivity contribution in [3.8, 4) is 0 Å². The minimum atomic E-state index is -0.286. The maximum Gasteiger partial charge on any atom is 0.0650 e. The normalized spacial score (nSPS) is 32.4. The van der Waals surface area contributed by atoms with Crippen molar-refractivity contribution in [2.45, 2.75) is 77.2 Å². The first-order valence-corrected chi connectivity index (χ1v) is 6.39. The van der Waals surface area contributed by atoms with Gasteiger partial charge in [-0.05, 0) is 31.6 Å². The molecule has 0 aromatic heterocycles. The topological polar surface area (TPSA) is 20.2 Å². The molecule has 1 aliphatic rings. The zero-order valence-corrected chi connectivity index (χ0v) is 9.89. The van der Waals surface area contributed by atoms with Gasteiger partial charge in [0.15, 0.2) is 0 Å². The molecule has 2 unspecified atom stereocenters. The van der Waals surface area contributed by atoms with Gasteiger partial charge in [0.05, 0.1) is 5.60 Å². The Bertz CT molecular complexity index is 155. The number of aliphatic hydroxyl groups is 1. The van der Waals surface area contributed by atoms with Crippen LogP contribution < -0.4 is 0 Å². The highest BCUT2D eigenvalue weighted by Gasteiger charge is 2.34. The minimum Gasteiger partial charge on any atom is -0.390 e. The molecule has 0 aromatic carbocycles. The van der Waals surface area contributed by atoms with E-state index in [1.54, 1.807) is 0 Å². The Hall–Kier alpha value is -0.0400. The van der Waals surface area contributed by atoms with Crippen LogP contribution >= 0.6 is 0 Å². The van der Waals surface area contributed by atoms with Crippen molar-refractivity contribution in [2.24, 2.45) is 5.92 Å². The molecule has 0 spiro atoms.